The number of hydrogen-bond donors (Lipinski definition) is 0. The molecule has 0 N–H and O–H groups in total. The van der Waals surface area contributed by atoms with Crippen molar-refractivity contribution in [2.75, 3.05) is 0 Å². The predicted molar refractivity (Wildman–Crippen MR) is 64.7 cm³/mol. The van der Waals surface area contributed by atoms with Gasteiger partial charge in [-0.3, -0.25) is 0 Å². The molecule has 0 fully saturated rings. The third-order valence-electron chi connectivity index (χ3n) is 1.92. The van der Waals surface area contributed by atoms with Crippen molar-refractivity contribution in [1.29, 1.82) is 0 Å². The van der Waals surface area contributed by atoms with Crippen molar-refractivity contribution in [1.82, 2.24) is 4.98 Å². The van der Waals surface area contributed by atoms with Gasteiger partial charge in [-0.1, -0.05) is 40.9 Å². The summed E-state index contributed by atoms with van der Waals surface area (Å²) in [6.45, 7) is 0. The Morgan fingerprint density at radius 1 is 0.933 bits per heavy atom. The molecule has 0 amide bonds. The van der Waals surface area contributed by atoms with E-state index in [2.05, 4.69) is 4.98 Å². The Balaban J connectivity index is 2.54. The van der Waals surface area contributed by atoms with E-state index >= 15 is 0 Å². The maximum absolute atomic E-state index is 6.05. The second-order valence-electron chi connectivity index (χ2n) is 2.97. The van der Waals surface area contributed by atoms with Gasteiger partial charge in [0.05, 0.1) is 10.7 Å². The number of nitrogens with zero attached hydrogens (tertiary/aromatic N) is 1. The summed E-state index contributed by atoms with van der Waals surface area (Å²) in [6, 6.07) is 10.7. The Morgan fingerprint density at radius 2 is 1.73 bits per heavy atom. The number of aromatic nitrogens is 1. The first-order chi connectivity index (χ1) is 7.16. The van der Waals surface area contributed by atoms with Crippen molar-refractivity contribution >= 4 is 34.8 Å². The number of halogens is 3. The van der Waals surface area contributed by atoms with Crippen LogP contribution in [0.15, 0.2) is 36.4 Å². The first kappa shape index (κ1) is 10.7. The van der Waals surface area contributed by atoms with E-state index in [-0.39, 0.29) is 0 Å². The van der Waals surface area contributed by atoms with E-state index in [1.54, 1.807) is 18.2 Å². The highest BCUT2D eigenvalue weighted by Gasteiger charge is 2.05. The summed E-state index contributed by atoms with van der Waals surface area (Å²) >= 11 is 17.7. The average Bonchev–Trinajstić information content (AvgIpc) is 2.17. The molecular formula is C11H6Cl3N. The third-order valence-corrected chi connectivity index (χ3v) is 2.68. The average molecular weight is 259 g/mol. The van der Waals surface area contributed by atoms with Crippen LogP contribution in [0.5, 0.6) is 0 Å². The highest BCUT2D eigenvalue weighted by molar-refractivity contribution is 6.36. The van der Waals surface area contributed by atoms with Crippen LogP contribution in [0.2, 0.25) is 15.2 Å². The molecule has 0 atom stereocenters. The van der Waals surface area contributed by atoms with Gasteiger partial charge < -0.3 is 0 Å². The van der Waals surface area contributed by atoms with Gasteiger partial charge in [0.2, 0.25) is 0 Å². The van der Waals surface area contributed by atoms with Crippen molar-refractivity contribution in [3.63, 3.8) is 0 Å². The van der Waals surface area contributed by atoms with Crippen molar-refractivity contribution < 1.29 is 0 Å². The van der Waals surface area contributed by atoms with Crippen molar-refractivity contribution in [3.05, 3.63) is 51.6 Å². The van der Waals surface area contributed by atoms with Gasteiger partial charge in [0.1, 0.15) is 5.15 Å². The molecule has 76 valence electrons. The predicted octanol–water partition coefficient (Wildman–Crippen LogP) is 4.71. The standard InChI is InChI=1S/C11H6Cl3N/c12-7-4-5-8(9(13)6-7)10-2-1-3-11(14)15-10/h1-6H. The molecule has 0 spiro atoms. The molecule has 0 radical (unpaired) electrons. The lowest BCUT2D eigenvalue weighted by Crippen LogP contribution is -1.84. The van der Waals surface area contributed by atoms with Gasteiger partial charge in [-0.15, -0.1) is 0 Å². The Morgan fingerprint density at radius 3 is 2.40 bits per heavy atom. The molecule has 1 nitrogen and oxygen atoms in total. The normalized spacial score (nSPS) is 10.3. The second kappa shape index (κ2) is 4.40. The molecule has 1 heterocycles. The SMILES string of the molecule is Clc1ccc(-c2cccc(Cl)n2)c(Cl)c1. The van der Waals surface area contributed by atoms with E-state index in [9.17, 15) is 0 Å². The van der Waals surface area contributed by atoms with Crippen LogP contribution in [0.25, 0.3) is 11.3 Å². The van der Waals surface area contributed by atoms with Crippen molar-refractivity contribution in [2.45, 2.75) is 0 Å². The maximum Gasteiger partial charge on any atom is 0.129 e. The van der Waals surface area contributed by atoms with Gasteiger partial charge in [-0.25, -0.2) is 4.98 Å². The third kappa shape index (κ3) is 2.43. The maximum atomic E-state index is 6.05. The summed E-state index contributed by atoms with van der Waals surface area (Å²) in [5.41, 5.74) is 1.56. The minimum absolute atomic E-state index is 0.443. The number of benzene rings is 1. The minimum atomic E-state index is 0.443. The van der Waals surface area contributed by atoms with Gasteiger partial charge >= 0.3 is 0 Å². The molecule has 0 aliphatic carbocycles. The molecule has 0 saturated carbocycles. The largest absolute Gasteiger partial charge is 0.236 e. The fraction of sp³-hybridized carbons (Fsp3) is 0. The first-order valence-corrected chi connectivity index (χ1v) is 5.38. The van der Waals surface area contributed by atoms with Gasteiger partial charge in [0.25, 0.3) is 0 Å². The molecule has 0 unspecified atom stereocenters. The van der Waals surface area contributed by atoms with Gasteiger partial charge in [-0.05, 0) is 30.3 Å². The number of pyridine rings is 1. The molecule has 15 heavy (non-hydrogen) atoms. The highest BCUT2D eigenvalue weighted by Crippen LogP contribution is 2.29. The molecule has 4 heteroatoms. The fourth-order valence-electron chi connectivity index (χ4n) is 1.26. The van der Waals surface area contributed by atoms with Crippen LogP contribution in [0, 0.1) is 0 Å². The van der Waals surface area contributed by atoms with Crippen molar-refractivity contribution in [3.8, 4) is 11.3 Å². The minimum Gasteiger partial charge on any atom is -0.236 e. The van der Waals surface area contributed by atoms with E-state index in [1.165, 1.54) is 0 Å². The quantitative estimate of drug-likeness (QED) is 0.675. The molecule has 2 aromatic rings. The second-order valence-corrected chi connectivity index (χ2v) is 4.20. The van der Waals surface area contributed by atoms with Crippen LogP contribution in [0.4, 0.5) is 0 Å². The van der Waals surface area contributed by atoms with Crippen LogP contribution in [-0.4, -0.2) is 4.98 Å². The summed E-state index contributed by atoms with van der Waals surface area (Å²) < 4.78 is 0. The zero-order valence-corrected chi connectivity index (χ0v) is 9.81. The van der Waals surface area contributed by atoms with Gasteiger partial charge in [0, 0.05) is 10.6 Å². The lowest BCUT2D eigenvalue weighted by Gasteiger charge is -2.04. The Bertz CT molecular complexity index is 497. The van der Waals surface area contributed by atoms with Gasteiger partial charge in [-0.2, -0.15) is 0 Å². The zero-order valence-electron chi connectivity index (χ0n) is 7.55. The highest BCUT2D eigenvalue weighted by atomic mass is 35.5. The van der Waals surface area contributed by atoms with Crippen LogP contribution in [0.3, 0.4) is 0 Å². The fourth-order valence-corrected chi connectivity index (χ4v) is 1.92. The first-order valence-electron chi connectivity index (χ1n) is 4.25. The zero-order chi connectivity index (χ0) is 10.8. The number of hydrogen-bond acceptors (Lipinski definition) is 1. The van der Waals surface area contributed by atoms with Crippen LogP contribution < -0.4 is 0 Å². The molecular weight excluding hydrogens is 252 g/mol. The molecule has 0 bridgehead atoms. The monoisotopic (exact) mass is 257 g/mol. The summed E-state index contributed by atoms with van der Waals surface area (Å²) in [5, 5.41) is 1.61. The summed E-state index contributed by atoms with van der Waals surface area (Å²) in [7, 11) is 0. The van der Waals surface area contributed by atoms with E-state index in [4.69, 9.17) is 34.8 Å². The topological polar surface area (TPSA) is 12.9 Å². The molecule has 1 aromatic carbocycles. The van der Waals surface area contributed by atoms with Crippen molar-refractivity contribution in [2.24, 2.45) is 0 Å². The molecule has 0 saturated heterocycles. The summed E-state index contributed by atoms with van der Waals surface area (Å²) in [4.78, 5) is 4.17. The smallest absolute Gasteiger partial charge is 0.129 e. The van der Waals surface area contributed by atoms with E-state index in [1.807, 2.05) is 18.2 Å². The van der Waals surface area contributed by atoms with E-state index < -0.39 is 0 Å². The van der Waals surface area contributed by atoms with Crippen LogP contribution >= 0.6 is 34.8 Å². The summed E-state index contributed by atoms with van der Waals surface area (Å²) in [6.07, 6.45) is 0. The molecule has 2 rings (SSSR count). The van der Waals surface area contributed by atoms with Gasteiger partial charge in [0.15, 0.2) is 0 Å². The summed E-state index contributed by atoms with van der Waals surface area (Å²) in [5.74, 6) is 0. The van der Waals surface area contributed by atoms with Crippen LogP contribution in [-0.2, 0) is 0 Å². The molecule has 1 aromatic heterocycles. The Hall–Kier alpha value is -0.760. The lowest BCUT2D eigenvalue weighted by molar-refractivity contribution is 1.33. The lowest BCUT2D eigenvalue weighted by atomic mass is 10.1. The number of rotatable bonds is 1. The van der Waals surface area contributed by atoms with E-state index in [0.29, 0.717) is 15.2 Å². The molecule has 0 aliphatic heterocycles. The van der Waals surface area contributed by atoms with E-state index in [0.717, 1.165) is 11.3 Å². The Labute approximate surface area is 103 Å². The van der Waals surface area contributed by atoms with Crippen LogP contribution in [0.1, 0.15) is 0 Å². The Kier molecular flexibility index (Phi) is 3.15. The molecule has 0 aliphatic rings.